The Balaban J connectivity index is 0.000000389. The predicted molar refractivity (Wildman–Crippen MR) is 271 cm³/mol. The van der Waals surface area contributed by atoms with Gasteiger partial charge in [0.05, 0.1) is 37.3 Å². The summed E-state index contributed by atoms with van der Waals surface area (Å²) in [5, 5.41) is 15.1. The van der Waals surface area contributed by atoms with Gasteiger partial charge in [-0.25, -0.2) is 28.3 Å². The van der Waals surface area contributed by atoms with Crippen molar-refractivity contribution in [3.63, 3.8) is 0 Å². The molecule has 0 aromatic carbocycles. The highest BCUT2D eigenvalue weighted by Gasteiger charge is 2.32. The van der Waals surface area contributed by atoms with Gasteiger partial charge < -0.3 is 41.4 Å². The van der Waals surface area contributed by atoms with Crippen molar-refractivity contribution in [2.24, 2.45) is 11.8 Å². The summed E-state index contributed by atoms with van der Waals surface area (Å²) in [5.41, 5.74) is -1.00. The molecule has 0 saturated heterocycles. The highest BCUT2D eigenvalue weighted by Crippen LogP contribution is 2.16. The number of pyridine rings is 2. The first kappa shape index (κ1) is 60.6. The normalized spacial score (nSPS) is 21.2. The molecule has 4 bridgehead atoms. The van der Waals surface area contributed by atoms with Gasteiger partial charge in [-0.15, -0.1) is 0 Å². The zero-order chi connectivity index (χ0) is 54.2. The fourth-order valence-corrected chi connectivity index (χ4v) is 7.49. The molecule has 19 nitrogen and oxygen atoms in total. The minimum absolute atomic E-state index is 0.0774. The molecular weight excluding hydrogens is 991 g/mol. The minimum atomic E-state index is -1.10. The first-order valence-corrected chi connectivity index (χ1v) is 25.2. The SMILES string of the molecule is C/C=C1\NC(=O)c2nc(ccc2F)CNC(=O)C[C@@H](/C=C/CCS)OC(=O)[C@H](C(C)C)NC1=O.C/C=C1\NC(=O)c2nc(ccc2F)CNC(=O)C[C@@H](/C=C/CCSC(=O)CCC)OC(=O)[C@H](C(C)C)NC1=O. The maximum absolute atomic E-state index is 14.4. The molecule has 0 fully saturated rings. The Kier molecular flexibility index (Phi) is 25.7. The molecule has 2 aliphatic heterocycles. The smallest absolute Gasteiger partial charge is 0.329 e. The maximum Gasteiger partial charge on any atom is 0.329 e. The maximum atomic E-state index is 14.4. The number of rotatable bonds is 11. The van der Waals surface area contributed by atoms with Crippen molar-refractivity contribution >= 4 is 76.9 Å². The number of thiol groups is 1. The van der Waals surface area contributed by atoms with Gasteiger partial charge in [0.25, 0.3) is 23.6 Å². The number of amides is 6. The third kappa shape index (κ3) is 20.4. The zero-order valence-corrected chi connectivity index (χ0v) is 43.5. The van der Waals surface area contributed by atoms with E-state index in [-0.39, 0.29) is 59.7 Å². The summed E-state index contributed by atoms with van der Waals surface area (Å²) in [5.74, 6) is -7.28. The molecule has 73 heavy (non-hydrogen) atoms. The second-order valence-electron chi connectivity index (χ2n) is 17.0. The number of carbonyl (C=O) groups excluding carboxylic acids is 9. The molecule has 2 aromatic heterocycles. The lowest BCUT2D eigenvalue weighted by Crippen LogP contribution is -2.48. The molecule has 0 radical (unpaired) electrons. The van der Waals surface area contributed by atoms with E-state index in [2.05, 4.69) is 54.5 Å². The molecule has 0 spiro atoms. The first-order valence-electron chi connectivity index (χ1n) is 23.6. The van der Waals surface area contributed by atoms with E-state index in [1.54, 1.807) is 52.0 Å². The highest BCUT2D eigenvalue weighted by atomic mass is 32.2. The number of fused-ring (bicyclic) bond motifs is 4. The van der Waals surface area contributed by atoms with Crippen molar-refractivity contribution in [1.82, 2.24) is 41.9 Å². The number of thioether (sulfide) groups is 1. The third-order valence-corrected chi connectivity index (χ3v) is 11.7. The van der Waals surface area contributed by atoms with E-state index in [4.69, 9.17) is 9.47 Å². The summed E-state index contributed by atoms with van der Waals surface area (Å²) in [4.78, 5) is 122. The van der Waals surface area contributed by atoms with Gasteiger partial charge in [0.2, 0.25) is 11.8 Å². The van der Waals surface area contributed by atoms with Crippen LogP contribution >= 0.6 is 24.4 Å². The monoisotopic (exact) mass is 1050 g/mol. The molecule has 2 aromatic rings. The number of nitrogens with zero attached hydrogens (tertiary/aromatic N) is 2. The molecule has 23 heteroatoms. The van der Waals surface area contributed by atoms with Crippen molar-refractivity contribution in [2.45, 2.75) is 124 Å². The number of halogens is 2. The molecule has 396 valence electrons. The van der Waals surface area contributed by atoms with Crippen molar-refractivity contribution < 1.29 is 61.4 Å². The number of carbonyl (C=O) groups is 9. The van der Waals surface area contributed by atoms with E-state index in [0.717, 1.165) is 18.6 Å². The summed E-state index contributed by atoms with van der Waals surface area (Å²) in [7, 11) is 0. The van der Waals surface area contributed by atoms with Gasteiger partial charge in [-0.2, -0.15) is 12.6 Å². The van der Waals surface area contributed by atoms with Gasteiger partial charge in [-0.05, 0) is 87.1 Å². The second kappa shape index (κ2) is 31.0. The lowest BCUT2D eigenvalue weighted by Gasteiger charge is -2.24. The van der Waals surface area contributed by atoms with Crippen LogP contribution < -0.4 is 31.9 Å². The Morgan fingerprint density at radius 1 is 0.699 bits per heavy atom. The number of cyclic esters (lactones) is 2. The van der Waals surface area contributed by atoms with Crippen LogP contribution in [0.3, 0.4) is 0 Å². The largest absolute Gasteiger partial charge is 0.456 e. The van der Waals surface area contributed by atoms with Gasteiger partial charge >= 0.3 is 11.9 Å². The minimum Gasteiger partial charge on any atom is -0.456 e. The standard InChI is InChI=1S/C27H35FN4O6S.C23H29FN4O5S/c1-5-9-22(34)39-13-8-7-10-18-14-21(33)29-15-17-11-12-19(28)24(30-17)26(36)31-20(6-2)25(35)32-23(16(3)4)27(37)38-18;1-4-17-21(30)28-19(13(2)3)23(32)33-15(7-5-6-10-34)11-18(29)25-12-14-8-9-16(24)20(26-14)22(31)27-17/h6-7,10-12,16,18,23H,5,8-9,13-15H2,1-4H3,(H,29,33)(H,31,36)(H,32,35);4-5,7-9,13,15,19,34H,6,10-12H2,1-3H3,(H,25,29)(H,27,31)(H,28,30)/b10-7+,20-6-;7-5+,17-4-/t18-,23+;15-,19+/m11/s1. The van der Waals surface area contributed by atoms with Crippen LogP contribution in [0, 0.1) is 23.5 Å². The summed E-state index contributed by atoms with van der Waals surface area (Å²) in [6.07, 6.45) is 9.48. The molecule has 0 aliphatic carbocycles. The lowest BCUT2D eigenvalue weighted by atomic mass is 10.0. The Labute approximate surface area is 432 Å². The van der Waals surface area contributed by atoms with Gasteiger partial charge in [-0.3, -0.25) is 33.6 Å². The lowest BCUT2D eigenvalue weighted by molar-refractivity contribution is -0.153. The molecule has 6 N–H and O–H groups in total. The molecule has 2 aliphatic rings. The van der Waals surface area contributed by atoms with Gasteiger partial charge in [0.1, 0.15) is 35.7 Å². The number of nitrogens with one attached hydrogen (secondary N) is 6. The molecule has 0 saturated carbocycles. The van der Waals surface area contributed by atoms with Crippen LogP contribution in [-0.2, 0) is 56.1 Å². The summed E-state index contributed by atoms with van der Waals surface area (Å²) < 4.78 is 39.8. The number of ether oxygens (including phenoxy) is 2. The van der Waals surface area contributed by atoms with E-state index in [1.165, 1.54) is 49.9 Å². The van der Waals surface area contributed by atoms with E-state index in [9.17, 15) is 51.9 Å². The van der Waals surface area contributed by atoms with Crippen LogP contribution in [0.25, 0.3) is 0 Å². The third-order valence-electron chi connectivity index (χ3n) is 10.5. The van der Waals surface area contributed by atoms with Crippen molar-refractivity contribution in [3.05, 3.63) is 107 Å². The summed E-state index contributed by atoms with van der Waals surface area (Å²) in [6, 6.07) is 2.59. The topological polar surface area (TPSA) is 270 Å². The quantitative estimate of drug-likeness (QED) is 0.0527. The van der Waals surface area contributed by atoms with Gasteiger partial charge in [-0.1, -0.05) is 70.7 Å². The van der Waals surface area contributed by atoms with E-state index in [0.29, 0.717) is 30.8 Å². The highest BCUT2D eigenvalue weighted by molar-refractivity contribution is 8.13. The summed E-state index contributed by atoms with van der Waals surface area (Å²) >= 11 is 5.36. The second-order valence-corrected chi connectivity index (χ2v) is 18.6. The van der Waals surface area contributed by atoms with Gasteiger partial charge in [0, 0.05) is 12.2 Å². The molecular formula is C50H64F2N8O11S2. The molecule has 4 atom stereocenters. The van der Waals surface area contributed by atoms with Crippen LogP contribution in [0.15, 0.2) is 72.1 Å². The molecule has 4 rings (SSSR count). The van der Waals surface area contributed by atoms with Crippen LogP contribution in [-0.4, -0.2) is 98.3 Å². The van der Waals surface area contributed by atoms with Crippen LogP contribution in [0.5, 0.6) is 0 Å². The van der Waals surface area contributed by atoms with Crippen LogP contribution in [0.1, 0.15) is 119 Å². The first-order chi connectivity index (χ1) is 34.7. The number of esters is 2. The van der Waals surface area contributed by atoms with E-state index in [1.807, 2.05) is 6.92 Å². The zero-order valence-electron chi connectivity index (χ0n) is 41.8. The molecule has 0 unspecified atom stereocenters. The number of aromatic nitrogens is 2. The average molecular weight is 1060 g/mol. The Hall–Kier alpha value is -6.75. The Bertz CT molecular complexity index is 2470. The molecule has 6 amide bonds. The van der Waals surface area contributed by atoms with Gasteiger partial charge in [0.15, 0.2) is 28.1 Å². The average Bonchev–Trinajstić information content (AvgIpc) is 3.34. The fraction of sp³-hybridized carbons (Fsp3) is 0.460. The summed E-state index contributed by atoms with van der Waals surface area (Å²) in [6.45, 7) is 11.6. The van der Waals surface area contributed by atoms with E-state index >= 15 is 0 Å². The van der Waals surface area contributed by atoms with Crippen LogP contribution in [0.4, 0.5) is 8.78 Å². The molecule has 4 heterocycles. The fourth-order valence-electron chi connectivity index (χ4n) is 6.52. The van der Waals surface area contributed by atoms with Crippen molar-refractivity contribution in [2.75, 3.05) is 11.5 Å². The Morgan fingerprint density at radius 2 is 1.12 bits per heavy atom. The van der Waals surface area contributed by atoms with E-state index < -0.39 is 101 Å². The number of allylic oxidation sites excluding steroid dienone is 4. The number of hydrogen-bond acceptors (Lipinski definition) is 15. The van der Waals surface area contributed by atoms with Crippen molar-refractivity contribution in [1.29, 1.82) is 0 Å². The predicted octanol–water partition coefficient (Wildman–Crippen LogP) is 4.74. The van der Waals surface area contributed by atoms with Crippen molar-refractivity contribution in [3.8, 4) is 0 Å². The van der Waals surface area contributed by atoms with Crippen LogP contribution in [0.2, 0.25) is 0 Å². The number of hydrogen-bond donors (Lipinski definition) is 7. The Morgan fingerprint density at radius 3 is 1.51 bits per heavy atom.